The van der Waals surface area contributed by atoms with Crippen molar-refractivity contribution in [3.63, 3.8) is 0 Å². The number of fused-ring (bicyclic) bond motifs is 3. The Hall–Kier alpha value is -4.70. The summed E-state index contributed by atoms with van der Waals surface area (Å²) in [5.74, 6) is -2.11. The molecule has 1 saturated heterocycles. The summed E-state index contributed by atoms with van der Waals surface area (Å²) >= 11 is 0. The zero-order chi connectivity index (χ0) is 29.6. The van der Waals surface area contributed by atoms with Crippen LogP contribution in [0.15, 0.2) is 78.9 Å². The molecule has 42 heavy (non-hydrogen) atoms. The maximum atomic E-state index is 13.6. The van der Waals surface area contributed by atoms with Crippen LogP contribution in [-0.4, -0.2) is 96.1 Å². The molecule has 0 saturated carbocycles. The number of amides is 3. The van der Waals surface area contributed by atoms with Crippen molar-refractivity contribution >= 4 is 23.9 Å². The summed E-state index contributed by atoms with van der Waals surface area (Å²) in [6.45, 7) is 0.438. The number of carbonyl (C=O) groups excluding carboxylic acids is 3. The van der Waals surface area contributed by atoms with Crippen molar-refractivity contribution in [2.75, 3.05) is 46.4 Å². The first-order chi connectivity index (χ1) is 20.3. The average molecular weight is 571 g/mol. The number of carboxylic acids is 1. The van der Waals surface area contributed by atoms with E-state index < -0.39 is 36.5 Å². The first-order valence-electron chi connectivity index (χ1n) is 13.9. The molecule has 1 aliphatic carbocycles. The van der Waals surface area contributed by atoms with E-state index >= 15 is 0 Å². The van der Waals surface area contributed by atoms with Crippen molar-refractivity contribution in [3.05, 3.63) is 95.6 Å². The van der Waals surface area contributed by atoms with Crippen LogP contribution in [0.5, 0.6) is 0 Å². The Morgan fingerprint density at radius 1 is 0.952 bits per heavy atom. The van der Waals surface area contributed by atoms with Crippen LogP contribution in [0.1, 0.15) is 22.6 Å². The van der Waals surface area contributed by atoms with E-state index in [1.54, 1.807) is 0 Å². The molecule has 218 valence electrons. The number of rotatable bonds is 10. The van der Waals surface area contributed by atoms with Crippen LogP contribution in [0.2, 0.25) is 0 Å². The lowest BCUT2D eigenvalue weighted by molar-refractivity contribution is -0.151. The molecular formula is C32H34N4O6. The van der Waals surface area contributed by atoms with Crippen molar-refractivity contribution in [2.24, 2.45) is 0 Å². The highest BCUT2D eigenvalue weighted by molar-refractivity contribution is 5.91. The lowest BCUT2D eigenvalue weighted by atomic mass is 9.98. The second-order valence-corrected chi connectivity index (χ2v) is 10.7. The van der Waals surface area contributed by atoms with E-state index in [1.165, 1.54) is 9.80 Å². The third-order valence-electron chi connectivity index (χ3n) is 7.68. The number of likely N-dealkylation sites (N-methyl/N-ethyl adjacent to an activating group) is 1. The minimum absolute atomic E-state index is 0.104. The number of aliphatic carboxylic acids is 1. The van der Waals surface area contributed by atoms with E-state index in [1.807, 2.05) is 78.7 Å². The zero-order valence-corrected chi connectivity index (χ0v) is 23.4. The molecule has 1 unspecified atom stereocenters. The molecule has 10 heteroatoms. The highest BCUT2D eigenvalue weighted by Crippen LogP contribution is 2.44. The molecule has 10 nitrogen and oxygen atoms in total. The van der Waals surface area contributed by atoms with Crippen molar-refractivity contribution in [1.29, 1.82) is 0 Å². The summed E-state index contributed by atoms with van der Waals surface area (Å²) in [6, 6.07) is 24.9. The molecule has 0 spiro atoms. The number of carbonyl (C=O) groups is 4. The van der Waals surface area contributed by atoms with E-state index in [0.29, 0.717) is 6.54 Å². The molecule has 0 bridgehead atoms. The fourth-order valence-electron chi connectivity index (χ4n) is 5.69. The van der Waals surface area contributed by atoms with Gasteiger partial charge >= 0.3 is 12.1 Å². The topological polar surface area (TPSA) is 119 Å². The number of piperazine rings is 1. The predicted molar refractivity (Wildman–Crippen MR) is 156 cm³/mol. The minimum atomic E-state index is -1.11. The standard InChI is InChI=1S/C32H34N4O6/c1-34(17-22-9-3-2-4-10-22)18-28(31(40)36-16-15-35(20-30(38)39)29(37)19-36)33-32(41)42-21-27-25-13-7-5-11-23(25)24-12-6-8-14-26(24)27/h2-14,27-28H,15-21H2,1H3,(H,33,41)(H,38,39). The third kappa shape index (κ3) is 6.60. The average Bonchev–Trinajstić information content (AvgIpc) is 3.30. The van der Waals surface area contributed by atoms with Gasteiger partial charge in [0.2, 0.25) is 11.8 Å². The summed E-state index contributed by atoms with van der Waals surface area (Å²) in [6.07, 6.45) is -0.723. The van der Waals surface area contributed by atoms with Crippen LogP contribution in [0.4, 0.5) is 4.79 Å². The quantitative estimate of drug-likeness (QED) is 0.385. The fourth-order valence-corrected chi connectivity index (χ4v) is 5.69. The number of nitrogens with one attached hydrogen (secondary N) is 1. The minimum Gasteiger partial charge on any atom is -0.480 e. The fraction of sp³-hybridized carbons (Fsp3) is 0.312. The number of nitrogens with zero attached hydrogens (tertiary/aromatic N) is 3. The van der Waals surface area contributed by atoms with Gasteiger partial charge in [-0.05, 0) is 34.9 Å². The Kier molecular flexibility index (Phi) is 8.83. The van der Waals surface area contributed by atoms with Gasteiger partial charge < -0.3 is 25.0 Å². The van der Waals surface area contributed by atoms with Gasteiger partial charge in [-0.25, -0.2) is 4.79 Å². The number of carboxylic acid groups (broad SMARTS) is 1. The first kappa shape index (κ1) is 28.8. The third-order valence-corrected chi connectivity index (χ3v) is 7.68. The van der Waals surface area contributed by atoms with Crippen molar-refractivity contribution < 1.29 is 29.0 Å². The van der Waals surface area contributed by atoms with Crippen LogP contribution in [0, 0.1) is 0 Å². The monoisotopic (exact) mass is 570 g/mol. The summed E-state index contributed by atoms with van der Waals surface area (Å²) in [4.78, 5) is 54.9. The molecule has 1 aliphatic heterocycles. The van der Waals surface area contributed by atoms with E-state index in [-0.39, 0.29) is 38.7 Å². The van der Waals surface area contributed by atoms with Crippen LogP contribution < -0.4 is 5.32 Å². The van der Waals surface area contributed by atoms with Crippen LogP contribution in [0.3, 0.4) is 0 Å². The molecule has 1 fully saturated rings. The second kappa shape index (κ2) is 12.9. The summed E-state index contributed by atoms with van der Waals surface area (Å²) in [5, 5.41) is 11.8. The Labute approximate surface area is 244 Å². The van der Waals surface area contributed by atoms with Gasteiger partial charge in [0, 0.05) is 32.1 Å². The van der Waals surface area contributed by atoms with Gasteiger partial charge in [0.25, 0.3) is 0 Å². The number of hydrogen-bond acceptors (Lipinski definition) is 6. The van der Waals surface area contributed by atoms with Gasteiger partial charge in [-0.15, -0.1) is 0 Å². The summed E-state index contributed by atoms with van der Waals surface area (Å²) in [5.41, 5.74) is 5.44. The Morgan fingerprint density at radius 3 is 2.19 bits per heavy atom. The molecule has 1 heterocycles. The van der Waals surface area contributed by atoms with Gasteiger partial charge in [-0.1, -0.05) is 78.9 Å². The van der Waals surface area contributed by atoms with Gasteiger partial charge in [0.05, 0.1) is 6.54 Å². The van der Waals surface area contributed by atoms with Gasteiger partial charge in [-0.2, -0.15) is 0 Å². The largest absolute Gasteiger partial charge is 0.480 e. The van der Waals surface area contributed by atoms with Gasteiger partial charge in [0.15, 0.2) is 0 Å². The second-order valence-electron chi connectivity index (χ2n) is 10.7. The van der Waals surface area contributed by atoms with Gasteiger partial charge in [-0.3, -0.25) is 19.3 Å². The zero-order valence-electron chi connectivity index (χ0n) is 23.4. The molecular weight excluding hydrogens is 536 g/mol. The van der Waals surface area contributed by atoms with E-state index in [9.17, 15) is 19.2 Å². The lowest BCUT2D eigenvalue weighted by Gasteiger charge is -2.36. The summed E-state index contributed by atoms with van der Waals surface area (Å²) in [7, 11) is 1.85. The number of alkyl carbamates (subject to hydrolysis) is 1. The Bertz CT molecular complexity index is 1420. The number of hydrogen-bond donors (Lipinski definition) is 2. The molecule has 1 atom stereocenters. The maximum Gasteiger partial charge on any atom is 0.407 e. The van der Waals surface area contributed by atoms with Crippen molar-refractivity contribution in [1.82, 2.24) is 20.0 Å². The van der Waals surface area contributed by atoms with Crippen LogP contribution in [-0.2, 0) is 25.7 Å². The molecule has 0 aromatic heterocycles. The molecule has 3 aromatic carbocycles. The Balaban J connectivity index is 1.27. The molecule has 5 rings (SSSR count). The van der Waals surface area contributed by atoms with Crippen molar-refractivity contribution in [3.8, 4) is 11.1 Å². The molecule has 3 amide bonds. The number of ether oxygens (including phenoxy) is 1. The lowest BCUT2D eigenvalue weighted by Crippen LogP contribution is -2.59. The van der Waals surface area contributed by atoms with E-state index in [2.05, 4.69) is 17.4 Å². The first-order valence-corrected chi connectivity index (χ1v) is 13.9. The maximum absolute atomic E-state index is 13.6. The normalized spacial score (nSPS) is 15.2. The highest BCUT2D eigenvalue weighted by atomic mass is 16.5. The Morgan fingerprint density at radius 2 is 1.57 bits per heavy atom. The smallest absolute Gasteiger partial charge is 0.407 e. The molecule has 2 aliphatic rings. The van der Waals surface area contributed by atoms with Gasteiger partial charge in [0.1, 0.15) is 19.2 Å². The van der Waals surface area contributed by atoms with E-state index in [4.69, 9.17) is 9.84 Å². The van der Waals surface area contributed by atoms with Crippen molar-refractivity contribution in [2.45, 2.75) is 18.5 Å². The number of benzene rings is 3. The highest BCUT2D eigenvalue weighted by Gasteiger charge is 2.34. The predicted octanol–water partition coefficient (Wildman–Crippen LogP) is 2.78. The van der Waals surface area contributed by atoms with Crippen LogP contribution in [0.25, 0.3) is 11.1 Å². The summed E-state index contributed by atoms with van der Waals surface area (Å²) < 4.78 is 5.71. The SMILES string of the molecule is CN(Cc1ccccc1)CC(NC(=O)OCC1c2ccccc2-c2ccccc21)C(=O)N1CCN(CC(=O)O)C(=O)C1. The molecule has 2 N–H and O–H groups in total. The van der Waals surface area contributed by atoms with Crippen LogP contribution >= 0.6 is 0 Å². The molecule has 0 radical (unpaired) electrons. The molecule has 3 aromatic rings. The van der Waals surface area contributed by atoms with E-state index in [0.717, 1.165) is 27.8 Å².